The zero-order valence-corrected chi connectivity index (χ0v) is 13.3. The van der Waals surface area contributed by atoms with Crippen LogP contribution in [0.2, 0.25) is 0 Å². The second-order valence-corrected chi connectivity index (χ2v) is 7.37. The van der Waals surface area contributed by atoms with Crippen LogP contribution in [0.3, 0.4) is 0 Å². The molecule has 1 aromatic carbocycles. The number of nitrogens with one attached hydrogen (secondary N) is 1. The third-order valence-electron chi connectivity index (χ3n) is 3.26. The van der Waals surface area contributed by atoms with Crippen LogP contribution in [0.1, 0.15) is 0 Å². The number of hydrogen-bond acceptors (Lipinski definition) is 5. The molecule has 0 aliphatic carbocycles. The van der Waals surface area contributed by atoms with Gasteiger partial charge in [0.2, 0.25) is 10.0 Å². The molecule has 3 rings (SSSR count). The maximum Gasteiger partial charge on any atom is 0.258 e. The van der Waals surface area contributed by atoms with Gasteiger partial charge in [-0.25, -0.2) is 13.4 Å². The summed E-state index contributed by atoms with van der Waals surface area (Å²) in [4.78, 5) is 18.3. The Hall–Kier alpha value is -1.29. The molecule has 0 atom stereocenters. The number of nitrogens with zero attached hydrogens (tertiary/aromatic N) is 2. The highest BCUT2D eigenvalue weighted by Crippen LogP contribution is 2.27. The molecule has 1 aliphatic rings. The molecule has 2 aromatic rings. The van der Waals surface area contributed by atoms with Crippen molar-refractivity contribution >= 4 is 36.9 Å². The quantitative estimate of drug-likeness (QED) is 0.836. The number of rotatable bonds is 2. The average Bonchev–Trinajstić information content (AvgIpc) is 2.48. The molecule has 0 unspecified atom stereocenters. The SMILES string of the molecule is O=c1[nH]cnc2c(S(=O)(=O)N3CCOCC3)cc(Br)cc12. The molecule has 1 fully saturated rings. The fourth-order valence-corrected chi connectivity index (χ4v) is 4.44. The van der Waals surface area contributed by atoms with E-state index in [-0.39, 0.29) is 21.4 Å². The van der Waals surface area contributed by atoms with Gasteiger partial charge < -0.3 is 9.72 Å². The van der Waals surface area contributed by atoms with Gasteiger partial charge in [0.15, 0.2) is 0 Å². The summed E-state index contributed by atoms with van der Waals surface area (Å²) in [5.74, 6) is 0. The number of ether oxygens (including phenoxy) is 1. The molecule has 0 bridgehead atoms. The summed E-state index contributed by atoms with van der Waals surface area (Å²) in [6.07, 6.45) is 1.21. The van der Waals surface area contributed by atoms with E-state index in [0.717, 1.165) is 0 Å². The van der Waals surface area contributed by atoms with Crippen LogP contribution in [0, 0.1) is 0 Å². The van der Waals surface area contributed by atoms with E-state index >= 15 is 0 Å². The summed E-state index contributed by atoms with van der Waals surface area (Å²) >= 11 is 3.25. The lowest BCUT2D eigenvalue weighted by molar-refractivity contribution is 0.0730. The standard InChI is InChI=1S/C12H12BrN3O4S/c13-8-5-9-11(14-7-15-12(9)17)10(6-8)21(18,19)16-1-3-20-4-2-16/h5-7H,1-4H2,(H,14,15,17). The Labute approximate surface area is 129 Å². The number of sulfonamides is 1. The summed E-state index contributed by atoms with van der Waals surface area (Å²) in [7, 11) is -3.72. The summed E-state index contributed by atoms with van der Waals surface area (Å²) in [6, 6.07) is 3.03. The van der Waals surface area contributed by atoms with Gasteiger partial charge >= 0.3 is 0 Å². The largest absolute Gasteiger partial charge is 0.379 e. The molecule has 0 amide bonds. The van der Waals surface area contributed by atoms with E-state index in [1.54, 1.807) is 6.07 Å². The molecule has 0 radical (unpaired) electrons. The molecule has 2 heterocycles. The fraction of sp³-hybridized carbons (Fsp3) is 0.333. The lowest BCUT2D eigenvalue weighted by atomic mass is 10.2. The third-order valence-corrected chi connectivity index (χ3v) is 5.63. The van der Waals surface area contributed by atoms with E-state index in [9.17, 15) is 13.2 Å². The van der Waals surface area contributed by atoms with Crippen molar-refractivity contribution < 1.29 is 13.2 Å². The second kappa shape index (κ2) is 5.48. The molecular weight excluding hydrogens is 362 g/mol. The number of aromatic amines is 1. The first-order valence-corrected chi connectivity index (χ1v) is 8.48. The molecule has 0 saturated carbocycles. The van der Waals surface area contributed by atoms with Crippen LogP contribution in [0.5, 0.6) is 0 Å². The van der Waals surface area contributed by atoms with Crippen molar-refractivity contribution in [2.75, 3.05) is 26.3 Å². The van der Waals surface area contributed by atoms with Gasteiger partial charge in [-0.1, -0.05) is 15.9 Å². The lowest BCUT2D eigenvalue weighted by Gasteiger charge is -2.26. The zero-order valence-electron chi connectivity index (χ0n) is 10.9. The van der Waals surface area contributed by atoms with Gasteiger partial charge in [0.05, 0.1) is 30.4 Å². The fourth-order valence-electron chi connectivity index (χ4n) is 2.24. The molecule has 112 valence electrons. The van der Waals surface area contributed by atoms with Gasteiger partial charge in [0.1, 0.15) is 4.90 Å². The minimum atomic E-state index is -3.72. The number of hydrogen-bond donors (Lipinski definition) is 1. The van der Waals surface area contributed by atoms with Crippen molar-refractivity contribution in [3.63, 3.8) is 0 Å². The van der Waals surface area contributed by atoms with Crippen molar-refractivity contribution in [3.05, 3.63) is 33.3 Å². The maximum atomic E-state index is 12.8. The van der Waals surface area contributed by atoms with Crippen LogP contribution in [0.4, 0.5) is 0 Å². The average molecular weight is 374 g/mol. The Morgan fingerprint density at radius 1 is 1.29 bits per heavy atom. The molecule has 1 saturated heterocycles. The highest BCUT2D eigenvalue weighted by molar-refractivity contribution is 9.10. The van der Waals surface area contributed by atoms with Gasteiger partial charge in [-0.3, -0.25) is 4.79 Å². The van der Waals surface area contributed by atoms with E-state index in [1.807, 2.05) is 0 Å². The Bertz CT molecular complexity index is 843. The predicted octanol–water partition coefficient (Wildman–Crippen LogP) is 0.707. The second-order valence-electron chi connectivity index (χ2n) is 4.55. The highest BCUT2D eigenvalue weighted by Gasteiger charge is 2.29. The first-order chi connectivity index (χ1) is 10.00. The van der Waals surface area contributed by atoms with Crippen molar-refractivity contribution in [3.8, 4) is 0 Å². The summed E-state index contributed by atoms with van der Waals surface area (Å²) in [5, 5.41) is 0.235. The molecule has 1 N–H and O–H groups in total. The van der Waals surface area contributed by atoms with Gasteiger partial charge in [-0.2, -0.15) is 4.31 Å². The molecule has 7 nitrogen and oxygen atoms in total. The van der Waals surface area contributed by atoms with Crippen molar-refractivity contribution in [2.24, 2.45) is 0 Å². The highest BCUT2D eigenvalue weighted by atomic mass is 79.9. The summed E-state index contributed by atoms with van der Waals surface area (Å²) < 4.78 is 32.6. The van der Waals surface area contributed by atoms with Crippen LogP contribution >= 0.6 is 15.9 Å². The molecule has 21 heavy (non-hydrogen) atoms. The Morgan fingerprint density at radius 2 is 2.00 bits per heavy atom. The monoisotopic (exact) mass is 373 g/mol. The lowest BCUT2D eigenvalue weighted by Crippen LogP contribution is -2.40. The molecule has 0 spiro atoms. The zero-order chi connectivity index (χ0) is 15.0. The van der Waals surface area contributed by atoms with Crippen molar-refractivity contribution in [1.29, 1.82) is 0 Å². The summed E-state index contributed by atoms with van der Waals surface area (Å²) in [6.45, 7) is 1.30. The van der Waals surface area contributed by atoms with Gasteiger partial charge in [-0.05, 0) is 12.1 Å². The van der Waals surface area contributed by atoms with Crippen molar-refractivity contribution in [2.45, 2.75) is 4.90 Å². The first-order valence-electron chi connectivity index (χ1n) is 6.25. The van der Waals surface area contributed by atoms with Crippen molar-refractivity contribution in [1.82, 2.24) is 14.3 Å². The smallest absolute Gasteiger partial charge is 0.258 e. The van der Waals surface area contributed by atoms with Crippen LogP contribution in [0.25, 0.3) is 10.9 Å². The molecule has 1 aromatic heterocycles. The van der Waals surface area contributed by atoms with Crippen LogP contribution in [0.15, 0.2) is 32.6 Å². The first kappa shape index (κ1) is 14.6. The predicted molar refractivity (Wildman–Crippen MR) is 79.6 cm³/mol. The number of H-pyrrole nitrogens is 1. The minimum absolute atomic E-state index is 0.0277. The number of benzene rings is 1. The Kier molecular flexibility index (Phi) is 3.82. The third kappa shape index (κ3) is 2.61. The van der Waals surface area contributed by atoms with Crippen LogP contribution < -0.4 is 5.56 Å². The molecule has 9 heteroatoms. The Balaban J connectivity index is 2.24. The van der Waals surface area contributed by atoms with E-state index in [2.05, 4.69) is 25.9 Å². The van der Waals surface area contributed by atoms with E-state index in [0.29, 0.717) is 30.8 Å². The molecule has 1 aliphatic heterocycles. The number of fused-ring (bicyclic) bond motifs is 1. The van der Waals surface area contributed by atoms with Crippen LogP contribution in [-0.2, 0) is 14.8 Å². The van der Waals surface area contributed by atoms with E-state index < -0.39 is 10.0 Å². The normalized spacial score (nSPS) is 17.2. The number of morpholine rings is 1. The minimum Gasteiger partial charge on any atom is -0.379 e. The number of halogens is 1. The topological polar surface area (TPSA) is 92.4 Å². The number of aromatic nitrogens is 2. The van der Waals surface area contributed by atoms with E-state index in [1.165, 1.54) is 16.7 Å². The van der Waals surface area contributed by atoms with Crippen LogP contribution in [-0.4, -0.2) is 49.0 Å². The van der Waals surface area contributed by atoms with Gasteiger partial charge in [-0.15, -0.1) is 0 Å². The Morgan fingerprint density at radius 3 is 2.71 bits per heavy atom. The maximum absolute atomic E-state index is 12.8. The van der Waals surface area contributed by atoms with Gasteiger partial charge in [0.25, 0.3) is 5.56 Å². The van der Waals surface area contributed by atoms with E-state index in [4.69, 9.17) is 4.74 Å². The molecular formula is C12H12BrN3O4S. The van der Waals surface area contributed by atoms with Gasteiger partial charge in [0, 0.05) is 17.6 Å². The summed E-state index contributed by atoms with van der Waals surface area (Å²) in [5.41, 5.74) is -0.201.